The van der Waals surface area contributed by atoms with Crippen LogP contribution in [0.1, 0.15) is 119 Å². The van der Waals surface area contributed by atoms with Crippen molar-refractivity contribution in [1.82, 2.24) is 15.5 Å². The topological polar surface area (TPSA) is 191 Å². The number of Topliss-reactive ketones (excluding diaryl/α,β-unsaturated/α-hetero) is 3. The van der Waals surface area contributed by atoms with Crippen molar-refractivity contribution in [3.05, 3.63) is 35.9 Å². The van der Waals surface area contributed by atoms with Gasteiger partial charge in [-0.25, -0.2) is 4.79 Å². The van der Waals surface area contributed by atoms with Crippen LogP contribution in [0, 0.1) is 11.8 Å². The summed E-state index contributed by atoms with van der Waals surface area (Å²) >= 11 is 0. The summed E-state index contributed by atoms with van der Waals surface area (Å²) < 4.78 is 11.6. The molecule has 0 radical (unpaired) electrons. The summed E-state index contributed by atoms with van der Waals surface area (Å²) in [6, 6.07) is 5.36. The van der Waals surface area contributed by atoms with E-state index >= 15 is 0 Å². The third-order valence-electron chi connectivity index (χ3n) is 8.34. The van der Waals surface area contributed by atoms with Crippen LogP contribution in [0.25, 0.3) is 0 Å². The number of carbonyl (C=O) groups excluding carboxylic acids is 7. The molecule has 0 saturated carbocycles. The van der Waals surface area contributed by atoms with Crippen LogP contribution in [0.4, 0.5) is 4.79 Å². The average Bonchev–Trinajstić information content (AvgIpc) is 3.44. The molecule has 1 aromatic carbocycles. The highest BCUT2D eigenvalue weighted by molar-refractivity contribution is 6.38. The molecule has 0 aliphatic carbocycles. The van der Waals surface area contributed by atoms with Gasteiger partial charge in [0.25, 0.3) is 0 Å². The van der Waals surface area contributed by atoms with Crippen LogP contribution in [0.15, 0.2) is 30.3 Å². The number of benzene rings is 1. The quantitative estimate of drug-likeness (QED) is 0.186. The normalized spacial score (nSPS) is 18.0. The number of nitrogens with two attached hydrogens (primary N) is 1. The Bertz CT molecular complexity index is 1400. The Balaban J connectivity index is 2.23. The van der Waals surface area contributed by atoms with Gasteiger partial charge >= 0.3 is 6.09 Å². The Hall–Kier alpha value is -4.13. The minimum absolute atomic E-state index is 0.0998. The molecular formula is C38H58N4O9. The minimum atomic E-state index is -1.10. The first-order valence-corrected chi connectivity index (χ1v) is 17.8. The number of unbranched alkanes of at least 4 members (excludes halogenated alkanes) is 1. The van der Waals surface area contributed by atoms with Crippen molar-refractivity contribution in [3.63, 3.8) is 0 Å². The lowest BCUT2D eigenvalue weighted by Gasteiger charge is -2.31. The second kappa shape index (κ2) is 18.9. The molecule has 4 amide bonds. The van der Waals surface area contributed by atoms with Gasteiger partial charge < -0.3 is 30.7 Å². The smallest absolute Gasteiger partial charge is 0.408 e. The minimum Gasteiger partial charge on any atom is -0.444 e. The number of likely N-dealkylation sites (tertiary alicyclic amines) is 1. The molecule has 1 heterocycles. The number of alkyl carbamates (subject to hydrolysis) is 1. The number of ketones is 3. The fraction of sp³-hybridized carbons (Fsp3) is 0.658. The van der Waals surface area contributed by atoms with Gasteiger partial charge in [-0.3, -0.25) is 28.8 Å². The van der Waals surface area contributed by atoms with Gasteiger partial charge in [-0.2, -0.15) is 0 Å². The van der Waals surface area contributed by atoms with E-state index in [9.17, 15) is 33.6 Å². The van der Waals surface area contributed by atoms with Crippen LogP contribution in [0.5, 0.6) is 0 Å². The Kier molecular flexibility index (Phi) is 16.0. The number of hydrogen-bond acceptors (Lipinski definition) is 9. The predicted molar refractivity (Wildman–Crippen MR) is 191 cm³/mol. The zero-order chi connectivity index (χ0) is 38.7. The van der Waals surface area contributed by atoms with Crippen LogP contribution < -0.4 is 16.4 Å². The molecule has 13 nitrogen and oxygen atoms in total. The van der Waals surface area contributed by atoms with E-state index < -0.39 is 88.9 Å². The number of hydrogen-bond donors (Lipinski definition) is 3. The second-order valence-electron chi connectivity index (χ2n) is 15.6. The molecule has 284 valence electrons. The van der Waals surface area contributed by atoms with Crippen molar-refractivity contribution in [2.45, 2.75) is 143 Å². The summed E-state index contributed by atoms with van der Waals surface area (Å²) in [6.07, 6.45) is -0.547. The van der Waals surface area contributed by atoms with E-state index in [0.717, 1.165) is 0 Å². The lowest BCUT2D eigenvalue weighted by Crippen LogP contribution is -2.54. The van der Waals surface area contributed by atoms with E-state index in [0.29, 0.717) is 18.4 Å². The number of nitrogens with one attached hydrogen (secondary N) is 2. The molecule has 0 bridgehead atoms. The van der Waals surface area contributed by atoms with Crippen LogP contribution in [-0.4, -0.2) is 82.0 Å². The highest BCUT2D eigenvalue weighted by Crippen LogP contribution is 2.29. The van der Waals surface area contributed by atoms with Gasteiger partial charge in [0.1, 0.15) is 17.7 Å². The summed E-state index contributed by atoms with van der Waals surface area (Å²) in [5.41, 5.74) is 4.61. The predicted octanol–water partition coefficient (Wildman–Crippen LogP) is 4.35. The van der Waals surface area contributed by atoms with Gasteiger partial charge in [0.05, 0.1) is 17.7 Å². The molecule has 1 aliphatic rings. The first-order chi connectivity index (χ1) is 23.6. The molecule has 1 aliphatic heterocycles. The maximum Gasteiger partial charge on any atom is 0.408 e. The van der Waals surface area contributed by atoms with Crippen molar-refractivity contribution in [1.29, 1.82) is 0 Å². The first-order valence-electron chi connectivity index (χ1n) is 17.8. The molecule has 0 aromatic heterocycles. The Morgan fingerprint density at radius 1 is 0.922 bits per heavy atom. The third-order valence-corrected chi connectivity index (χ3v) is 8.34. The standard InChI is InChI=1S/C38H58N4O9/c1-10-11-15-25(33(46)28(43)18-19-30(45)40-32(34(39)47)24-16-13-12-14-17-24)20-29(44)27-21-26(50-37(4,5)6)22-42(27)35(48)31(23(2)3)41-36(49)51-38(7,8)9/h12-14,16-17,23,25-27,31-32H,10-11,15,18-22H2,1-9H3,(H2,39,47)(H,40,45)(H,41,49)/t25?,26-,27+,31+,32+/m1/s1. The van der Waals surface area contributed by atoms with E-state index in [1.54, 1.807) is 65.0 Å². The second-order valence-corrected chi connectivity index (χ2v) is 15.6. The summed E-state index contributed by atoms with van der Waals surface area (Å²) in [5.74, 6) is -5.13. The molecule has 4 N–H and O–H groups in total. The van der Waals surface area contributed by atoms with E-state index in [2.05, 4.69) is 10.6 Å². The van der Waals surface area contributed by atoms with E-state index in [-0.39, 0.29) is 38.1 Å². The highest BCUT2D eigenvalue weighted by Gasteiger charge is 2.45. The maximum absolute atomic E-state index is 14.0. The van der Waals surface area contributed by atoms with E-state index in [4.69, 9.17) is 15.2 Å². The fourth-order valence-electron chi connectivity index (χ4n) is 5.99. The van der Waals surface area contributed by atoms with Crippen molar-refractivity contribution in [3.8, 4) is 0 Å². The molecule has 1 fully saturated rings. The average molecular weight is 715 g/mol. The zero-order valence-corrected chi connectivity index (χ0v) is 31.7. The number of rotatable bonds is 18. The number of carbonyl (C=O) groups is 7. The van der Waals surface area contributed by atoms with Gasteiger partial charge in [0, 0.05) is 38.1 Å². The molecule has 0 spiro atoms. The summed E-state index contributed by atoms with van der Waals surface area (Å²) in [6.45, 7) is 16.3. The third kappa shape index (κ3) is 14.2. The van der Waals surface area contributed by atoms with E-state index in [1.807, 2.05) is 27.7 Å². The lowest BCUT2D eigenvalue weighted by atomic mass is 9.87. The number of primary amides is 1. The Labute approximate surface area is 302 Å². The number of amides is 4. The van der Waals surface area contributed by atoms with Gasteiger partial charge in [-0.1, -0.05) is 63.9 Å². The van der Waals surface area contributed by atoms with Gasteiger partial charge in [0.15, 0.2) is 11.6 Å². The van der Waals surface area contributed by atoms with Crippen molar-refractivity contribution in [2.24, 2.45) is 17.6 Å². The molecular weight excluding hydrogens is 656 g/mol. The molecule has 1 saturated heterocycles. The largest absolute Gasteiger partial charge is 0.444 e. The monoisotopic (exact) mass is 714 g/mol. The van der Waals surface area contributed by atoms with Crippen LogP contribution in [-0.2, 0) is 38.2 Å². The number of ether oxygens (including phenoxy) is 2. The molecule has 1 unspecified atom stereocenters. The molecule has 5 atom stereocenters. The van der Waals surface area contributed by atoms with Crippen LogP contribution in [0.2, 0.25) is 0 Å². The molecule has 51 heavy (non-hydrogen) atoms. The van der Waals surface area contributed by atoms with Gasteiger partial charge in [0.2, 0.25) is 23.5 Å². The zero-order valence-electron chi connectivity index (χ0n) is 31.7. The first kappa shape index (κ1) is 43.0. The number of nitrogens with zero attached hydrogens (tertiary/aromatic N) is 1. The molecule has 1 aromatic rings. The van der Waals surface area contributed by atoms with Crippen LogP contribution in [0.3, 0.4) is 0 Å². The SMILES string of the molecule is CCCCC(CC(=O)[C@@H]1C[C@@H](OC(C)(C)C)CN1C(=O)[C@@H](NC(=O)OC(C)(C)C)C(C)C)C(=O)C(=O)CCC(=O)N[C@H](C(N)=O)c1ccccc1. The molecule has 2 rings (SSSR count). The van der Waals surface area contributed by atoms with E-state index in [1.165, 1.54) is 4.90 Å². The fourth-order valence-corrected chi connectivity index (χ4v) is 5.99. The van der Waals surface area contributed by atoms with Crippen molar-refractivity contribution in [2.75, 3.05) is 6.54 Å². The summed E-state index contributed by atoms with van der Waals surface area (Å²) in [5, 5.41) is 5.18. The Morgan fingerprint density at radius 3 is 2.08 bits per heavy atom. The lowest BCUT2D eigenvalue weighted by molar-refractivity contribution is -0.143. The highest BCUT2D eigenvalue weighted by atomic mass is 16.6. The van der Waals surface area contributed by atoms with Crippen molar-refractivity contribution < 1.29 is 43.0 Å². The van der Waals surface area contributed by atoms with Gasteiger partial charge in [-0.05, 0) is 59.4 Å². The van der Waals surface area contributed by atoms with Crippen molar-refractivity contribution >= 4 is 41.2 Å². The maximum atomic E-state index is 14.0. The van der Waals surface area contributed by atoms with Gasteiger partial charge in [-0.15, -0.1) is 0 Å². The summed E-state index contributed by atoms with van der Waals surface area (Å²) in [4.78, 5) is 93.5. The molecule has 13 heteroatoms. The van der Waals surface area contributed by atoms with Crippen LogP contribution >= 0.6 is 0 Å². The Morgan fingerprint density at radius 2 is 1.55 bits per heavy atom. The summed E-state index contributed by atoms with van der Waals surface area (Å²) in [7, 11) is 0.